The van der Waals surface area contributed by atoms with Gasteiger partial charge in [-0.2, -0.15) is 0 Å². The maximum Gasteiger partial charge on any atom is 0.165 e. The zero-order chi connectivity index (χ0) is 8.72. The van der Waals surface area contributed by atoms with Gasteiger partial charge in [-0.25, -0.2) is 8.78 Å². The van der Waals surface area contributed by atoms with Gasteiger partial charge in [-0.1, -0.05) is 0 Å². The van der Waals surface area contributed by atoms with Crippen molar-refractivity contribution in [2.45, 2.75) is 0 Å². The lowest BCUT2D eigenvalue weighted by Gasteiger charge is -1.88. The van der Waals surface area contributed by atoms with E-state index in [0.29, 0.717) is 4.70 Å². The third kappa shape index (κ3) is 0.956. The van der Waals surface area contributed by atoms with E-state index in [4.69, 9.17) is 5.73 Å². The number of hydrogen-bond acceptors (Lipinski definition) is 2. The van der Waals surface area contributed by atoms with Crippen LogP contribution in [0.4, 0.5) is 13.8 Å². The summed E-state index contributed by atoms with van der Waals surface area (Å²) < 4.78 is 26.4. The Morgan fingerprint density at radius 1 is 1.25 bits per heavy atom. The molecule has 0 saturated carbocycles. The number of benzene rings is 1. The van der Waals surface area contributed by atoms with Gasteiger partial charge in [-0.15, -0.1) is 11.3 Å². The van der Waals surface area contributed by atoms with Crippen LogP contribution >= 0.6 is 11.3 Å². The van der Waals surface area contributed by atoms with E-state index in [1.165, 1.54) is 12.1 Å². The lowest BCUT2D eigenvalue weighted by Crippen LogP contribution is -1.81. The van der Waals surface area contributed by atoms with E-state index in [9.17, 15) is 8.78 Å². The van der Waals surface area contributed by atoms with Gasteiger partial charge >= 0.3 is 0 Å². The van der Waals surface area contributed by atoms with E-state index >= 15 is 0 Å². The molecule has 4 heteroatoms. The third-order valence-electron chi connectivity index (χ3n) is 1.61. The fourth-order valence-electron chi connectivity index (χ4n) is 1.06. The van der Waals surface area contributed by atoms with E-state index < -0.39 is 11.6 Å². The summed E-state index contributed by atoms with van der Waals surface area (Å²) in [6, 6.07) is 3.96. The smallest absolute Gasteiger partial charge is 0.165 e. The van der Waals surface area contributed by atoms with E-state index in [1.54, 1.807) is 0 Å². The summed E-state index contributed by atoms with van der Waals surface area (Å²) in [7, 11) is 0. The molecule has 0 aliphatic heterocycles. The highest BCUT2D eigenvalue weighted by molar-refractivity contribution is 7.22. The first-order valence-electron chi connectivity index (χ1n) is 3.31. The van der Waals surface area contributed by atoms with Crippen molar-refractivity contribution < 1.29 is 8.78 Å². The van der Waals surface area contributed by atoms with Crippen LogP contribution in [0.15, 0.2) is 18.2 Å². The molecule has 2 N–H and O–H groups in total. The second-order valence-electron chi connectivity index (χ2n) is 2.42. The molecule has 2 aromatic rings. The quantitative estimate of drug-likeness (QED) is 0.671. The number of nitrogen functional groups attached to an aromatic ring is 1. The minimum atomic E-state index is -0.519. The highest BCUT2D eigenvalue weighted by atomic mass is 32.1. The first-order chi connectivity index (χ1) is 5.68. The lowest BCUT2D eigenvalue weighted by atomic mass is 10.2. The molecule has 0 amide bonds. The highest BCUT2D eigenvalue weighted by Gasteiger charge is 2.08. The van der Waals surface area contributed by atoms with Crippen molar-refractivity contribution in [1.82, 2.24) is 0 Å². The molecule has 0 aliphatic rings. The summed E-state index contributed by atoms with van der Waals surface area (Å²) in [5.41, 5.74) is 5.32. The molecule has 0 bridgehead atoms. The molecule has 0 atom stereocenters. The van der Waals surface area contributed by atoms with Crippen molar-refractivity contribution >= 4 is 26.4 Å². The van der Waals surface area contributed by atoms with Gasteiger partial charge in [0.05, 0.1) is 0 Å². The molecular weight excluding hydrogens is 180 g/mol. The van der Waals surface area contributed by atoms with Crippen LogP contribution in [0.1, 0.15) is 0 Å². The van der Waals surface area contributed by atoms with E-state index in [0.717, 1.165) is 17.4 Å². The fourth-order valence-corrected chi connectivity index (χ4v) is 1.89. The van der Waals surface area contributed by atoms with Crippen molar-refractivity contribution in [3.05, 3.63) is 29.8 Å². The molecule has 0 spiro atoms. The average Bonchev–Trinajstić information content (AvgIpc) is 2.31. The topological polar surface area (TPSA) is 26.0 Å². The van der Waals surface area contributed by atoms with Gasteiger partial charge in [0.25, 0.3) is 0 Å². The van der Waals surface area contributed by atoms with Gasteiger partial charge in [-0.05, 0) is 18.2 Å². The van der Waals surface area contributed by atoms with Crippen molar-refractivity contribution in [2.75, 3.05) is 5.73 Å². The largest absolute Gasteiger partial charge is 0.388 e. The Hall–Kier alpha value is -1.16. The average molecular weight is 185 g/mol. The van der Waals surface area contributed by atoms with Crippen molar-refractivity contribution in [1.29, 1.82) is 0 Å². The second kappa shape index (κ2) is 2.42. The number of anilines is 1. The molecule has 0 radical (unpaired) electrons. The molecular formula is C8H5F2NS. The Morgan fingerprint density at radius 3 is 2.75 bits per heavy atom. The third-order valence-corrected chi connectivity index (χ3v) is 2.59. The Morgan fingerprint density at radius 2 is 2.00 bits per heavy atom. The van der Waals surface area contributed by atoms with Gasteiger partial charge in [-0.3, -0.25) is 0 Å². The van der Waals surface area contributed by atoms with Crippen LogP contribution in [0.2, 0.25) is 0 Å². The lowest BCUT2D eigenvalue weighted by molar-refractivity contribution is 0.624. The van der Waals surface area contributed by atoms with Crippen LogP contribution in [-0.2, 0) is 0 Å². The normalized spacial score (nSPS) is 10.8. The van der Waals surface area contributed by atoms with Crippen LogP contribution < -0.4 is 5.73 Å². The zero-order valence-electron chi connectivity index (χ0n) is 5.97. The monoisotopic (exact) mass is 185 g/mol. The first kappa shape index (κ1) is 7.49. The number of hydrogen-bond donors (Lipinski definition) is 1. The number of fused-ring (bicyclic) bond motifs is 1. The number of thiophene rings is 1. The van der Waals surface area contributed by atoms with Crippen LogP contribution in [0, 0.1) is 11.6 Å². The van der Waals surface area contributed by atoms with Crippen LogP contribution in [0.3, 0.4) is 0 Å². The van der Waals surface area contributed by atoms with Gasteiger partial charge < -0.3 is 5.73 Å². The molecule has 1 nitrogen and oxygen atoms in total. The maximum atomic E-state index is 13.1. The minimum absolute atomic E-state index is 0.107. The van der Waals surface area contributed by atoms with E-state index in [-0.39, 0.29) is 10.4 Å². The van der Waals surface area contributed by atoms with Crippen LogP contribution in [0.25, 0.3) is 10.1 Å². The summed E-state index contributed by atoms with van der Waals surface area (Å²) in [5.74, 6) is -0.964. The van der Waals surface area contributed by atoms with Crippen molar-refractivity contribution in [3.8, 4) is 0 Å². The molecule has 12 heavy (non-hydrogen) atoms. The molecule has 0 saturated heterocycles. The SMILES string of the molecule is Nc1sc2ccc(F)cc2c1F. The number of nitrogens with two attached hydrogens (primary N) is 1. The van der Waals surface area contributed by atoms with Gasteiger partial charge in [0.2, 0.25) is 0 Å². The molecule has 1 aromatic heterocycles. The van der Waals surface area contributed by atoms with Crippen molar-refractivity contribution in [3.63, 3.8) is 0 Å². The number of rotatable bonds is 0. The standard InChI is InChI=1S/C8H5F2NS/c9-4-1-2-6-5(3-4)7(10)8(11)12-6/h1-3H,11H2. The summed E-state index contributed by atoms with van der Waals surface area (Å²) in [4.78, 5) is 0. The number of halogens is 2. The predicted octanol–water partition coefficient (Wildman–Crippen LogP) is 2.76. The first-order valence-corrected chi connectivity index (χ1v) is 4.13. The summed E-state index contributed by atoms with van der Waals surface area (Å²) >= 11 is 1.12. The zero-order valence-corrected chi connectivity index (χ0v) is 6.79. The maximum absolute atomic E-state index is 13.1. The minimum Gasteiger partial charge on any atom is -0.388 e. The fraction of sp³-hybridized carbons (Fsp3) is 0. The summed E-state index contributed by atoms with van der Waals surface area (Å²) in [6.07, 6.45) is 0. The van der Waals surface area contributed by atoms with Crippen LogP contribution in [-0.4, -0.2) is 0 Å². The molecule has 0 unspecified atom stereocenters. The molecule has 1 heterocycles. The van der Waals surface area contributed by atoms with E-state index in [1.807, 2.05) is 0 Å². The van der Waals surface area contributed by atoms with E-state index in [2.05, 4.69) is 0 Å². The molecule has 62 valence electrons. The highest BCUT2D eigenvalue weighted by Crippen LogP contribution is 2.31. The van der Waals surface area contributed by atoms with Gasteiger partial charge in [0.1, 0.15) is 10.8 Å². The Balaban J connectivity index is 2.88. The van der Waals surface area contributed by atoms with Crippen molar-refractivity contribution in [2.24, 2.45) is 0 Å². The van der Waals surface area contributed by atoms with Gasteiger partial charge in [0.15, 0.2) is 5.82 Å². The second-order valence-corrected chi connectivity index (χ2v) is 3.50. The Kier molecular flexibility index (Phi) is 1.51. The Bertz CT molecular complexity index is 436. The van der Waals surface area contributed by atoms with Gasteiger partial charge in [0, 0.05) is 10.1 Å². The molecule has 0 aliphatic carbocycles. The molecule has 0 fully saturated rings. The summed E-state index contributed by atoms with van der Waals surface area (Å²) in [5, 5.41) is 0.369. The molecule has 2 rings (SSSR count). The predicted molar refractivity (Wildman–Crippen MR) is 46.2 cm³/mol. The molecule has 1 aromatic carbocycles. The van der Waals surface area contributed by atoms with Crippen LogP contribution in [0.5, 0.6) is 0 Å². The Labute approximate surface area is 71.4 Å². The summed E-state index contributed by atoms with van der Waals surface area (Å²) in [6.45, 7) is 0.